The van der Waals surface area contributed by atoms with E-state index in [0.717, 1.165) is 15.1 Å². The zero-order valence-electron chi connectivity index (χ0n) is 34.1. The number of allylic oxidation sites excluding steroid dienone is 2. The fourth-order valence-electron chi connectivity index (χ4n) is 9.62. The van der Waals surface area contributed by atoms with Crippen molar-refractivity contribution in [2.75, 3.05) is 26.8 Å². The minimum Gasteiger partial charge on any atom is -0.504 e. The Balaban J connectivity index is 1.17. The number of imide groups is 1. The van der Waals surface area contributed by atoms with E-state index < -0.39 is 52.0 Å². The van der Waals surface area contributed by atoms with Crippen LogP contribution in [0.1, 0.15) is 40.8 Å². The molecule has 0 radical (unpaired) electrons. The zero-order chi connectivity index (χ0) is 42.9. The monoisotopic (exact) mass is 825 g/mol. The van der Waals surface area contributed by atoms with Crippen molar-refractivity contribution in [3.05, 3.63) is 150 Å². The third-order valence-electron chi connectivity index (χ3n) is 12.5. The first-order valence-corrected chi connectivity index (χ1v) is 19.8. The van der Waals surface area contributed by atoms with Gasteiger partial charge in [-0.15, -0.1) is 0 Å². The van der Waals surface area contributed by atoms with Gasteiger partial charge in [-0.1, -0.05) is 66.2 Å². The van der Waals surface area contributed by atoms with Crippen LogP contribution in [0, 0.1) is 12.8 Å². The molecule has 2 fully saturated rings. The SMILES string of the molecule is COc1cc2nc(CCn3c(=O)n4n(c3=O)[C@@H]3C[C@H]5C(=O)N(Nc6ccc(C)cc6)C(=O)[C@@]5(c5ccccc5)[C@@H](c5cccc(OC)c5O)C3=CC4)c(=O)n(C)c2cc1OC. The van der Waals surface area contributed by atoms with Crippen molar-refractivity contribution in [3.8, 4) is 23.0 Å². The smallest absolute Gasteiger partial charge is 0.347 e. The summed E-state index contributed by atoms with van der Waals surface area (Å²) in [5, 5.41) is 12.9. The van der Waals surface area contributed by atoms with Crippen molar-refractivity contribution in [3.63, 3.8) is 0 Å². The number of phenolic OH excluding ortho intramolecular Hbond substituents is 1. The third-order valence-corrected chi connectivity index (χ3v) is 12.5. The highest BCUT2D eigenvalue weighted by atomic mass is 16.5. The van der Waals surface area contributed by atoms with Crippen LogP contribution in [-0.4, -0.2) is 66.7 Å². The number of nitrogens with zero attached hydrogens (tertiary/aromatic N) is 6. The standard InChI is InChI=1S/C45H43N7O9/c1-25-14-16-27(17-15-25)47-51-40(54)30-22-33-28(38(29-12-9-13-35(59-3)39(29)53)45(30,42(51)56)26-10-7-6-8-11-26)18-21-50-43(57)49(44(58)52(33)50)20-19-31-41(55)48(2)34-24-37(61-5)36(60-4)23-32(34)46-31/h6-18,23-24,30,33,38,47,53H,19-22H2,1-5H3/t30-,33+,38+,45+/m0/s1. The number of hydrogen-bond donors (Lipinski definition) is 2. The summed E-state index contributed by atoms with van der Waals surface area (Å²) in [5.74, 6) is -2.35. The maximum absolute atomic E-state index is 15.4. The lowest BCUT2D eigenvalue weighted by Crippen LogP contribution is -2.53. The zero-order valence-corrected chi connectivity index (χ0v) is 34.1. The molecule has 1 saturated carbocycles. The molecule has 312 valence electrons. The van der Waals surface area contributed by atoms with Gasteiger partial charge in [-0.2, -0.15) is 5.01 Å². The quantitative estimate of drug-likeness (QED) is 0.151. The van der Waals surface area contributed by atoms with Crippen molar-refractivity contribution >= 4 is 28.5 Å². The molecule has 2 amide bonds. The first kappa shape index (κ1) is 39.1. The van der Waals surface area contributed by atoms with Crippen LogP contribution in [0.4, 0.5) is 5.69 Å². The maximum atomic E-state index is 15.4. The maximum Gasteiger partial charge on any atom is 0.347 e. The van der Waals surface area contributed by atoms with Gasteiger partial charge in [0.1, 0.15) is 5.69 Å². The van der Waals surface area contributed by atoms with Gasteiger partial charge < -0.3 is 23.9 Å². The molecule has 16 heteroatoms. The van der Waals surface area contributed by atoms with Gasteiger partial charge in [0, 0.05) is 43.6 Å². The number of anilines is 1. The predicted molar refractivity (Wildman–Crippen MR) is 224 cm³/mol. The molecule has 4 atom stereocenters. The second kappa shape index (κ2) is 14.7. The van der Waals surface area contributed by atoms with Gasteiger partial charge in [0.2, 0.25) is 0 Å². The molecule has 0 bridgehead atoms. The number of benzene rings is 4. The number of ether oxygens (including phenoxy) is 3. The molecule has 2 N–H and O–H groups in total. The lowest BCUT2D eigenvalue weighted by atomic mass is 9.53. The lowest BCUT2D eigenvalue weighted by molar-refractivity contribution is -0.138. The fourth-order valence-corrected chi connectivity index (χ4v) is 9.62. The number of para-hydroxylation sites is 1. The Morgan fingerprint density at radius 2 is 1.56 bits per heavy atom. The number of hydrazine groups is 1. The minimum atomic E-state index is -1.61. The van der Waals surface area contributed by atoms with Gasteiger partial charge in [0.05, 0.1) is 62.0 Å². The van der Waals surface area contributed by atoms with Crippen molar-refractivity contribution in [2.24, 2.45) is 13.0 Å². The molecule has 2 aliphatic heterocycles. The number of hydrogen-bond acceptors (Lipinski definition) is 11. The summed E-state index contributed by atoms with van der Waals surface area (Å²) in [4.78, 5) is 77.4. The Kier molecular flexibility index (Phi) is 9.44. The Labute approximate surface area is 348 Å². The molecule has 1 aliphatic carbocycles. The van der Waals surface area contributed by atoms with Gasteiger partial charge >= 0.3 is 11.4 Å². The van der Waals surface area contributed by atoms with Gasteiger partial charge in [-0.05, 0) is 42.7 Å². The molecule has 4 aromatic carbocycles. The molecule has 2 aromatic heterocycles. The molecule has 3 aliphatic rings. The van der Waals surface area contributed by atoms with Crippen LogP contribution >= 0.6 is 0 Å². The summed E-state index contributed by atoms with van der Waals surface area (Å²) in [6.07, 6.45) is 1.74. The first-order valence-electron chi connectivity index (χ1n) is 19.8. The second-order valence-electron chi connectivity index (χ2n) is 15.5. The number of carbonyl (C=O) groups is 2. The number of rotatable bonds is 10. The van der Waals surface area contributed by atoms with Crippen LogP contribution in [0.2, 0.25) is 0 Å². The van der Waals surface area contributed by atoms with E-state index >= 15 is 4.79 Å². The largest absolute Gasteiger partial charge is 0.504 e. The molecule has 16 nitrogen and oxygen atoms in total. The summed E-state index contributed by atoms with van der Waals surface area (Å²) >= 11 is 0. The van der Waals surface area contributed by atoms with E-state index in [1.165, 1.54) is 35.3 Å². The number of methoxy groups -OCH3 is 3. The number of carbonyl (C=O) groups excluding carboxylic acids is 2. The van der Waals surface area contributed by atoms with Crippen LogP contribution < -0.4 is 36.6 Å². The van der Waals surface area contributed by atoms with E-state index in [1.54, 1.807) is 73.8 Å². The van der Waals surface area contributed by atoms with Crippen LogP contribution in [0.25, 0.3) is 11.0 Å². The van der Waals surface area contributed by atoms with Crippen LogP contribution in [0.5, 0.6) is 23.0 Å². The number of aryl methyl sites for hydroxylation is 3. The molecular weight excluding hydrogens is 783 g/mol. The molecule has 0 spiro atoms. The van der Waals surface area contributed by atoms with Gasteiger partial charge in [-0.3, -0.25) is 19.8 Å². The van der Waals surface area contributed by atoms with E-state index in [-0.39, 0.29) is 43.1 Å². The van der Waals surface area contributed by atoms with E-state index in [0.29, 0.717) is 44.9 Å². The normalized spacial score (nSPS) is 20.5. The predicted octanol–water partition coefficient (Wildman–Crippen LogP) is 3.96. The molecule has 4 heterocycles. The third kappa shape index (κ3) is 5.79. The van der Waals surface area contributed by atoms with Gasteiger partial charge in [0.15, 0.2) is 23.0 Å². The molecular formula is C45H43N7O9. The Morgan fingerprint density at radius 3 is 2.26 bits per heavy atom. The van der Waals surface area contributed by atoms with E-state index in [1.807, 2.05) is 31.2 Å². The van der Waals surface area contributed by atoms with Crippen molar-refractivity contribution in [1.82, 2.24) is 28.5 Å². The molecule has 1 saturated heterocycles. The summed E-state index contributed by atoms with van der Waals surface area (Å²) in [7, 11) is 6.02. The highest BCUT2D eigenvalue weighted by Gasteiger charge is 2.69. The molecule has 0 unspecified atom stereocenters. The molecule has 6 aromatic rings. The van der Waals surface area contributed by atoms with Crippen molar-refractivity contribution in [2.45, 2.75) is 50.2 Å². The molecule has 9 rings (SSSR count). The number of amides is 2. The second-order valence-corrected chi connectivity index (χ2v) is 15.5. The van der Waals surface area contributed by atoms with E-state index in [9.17, 15) is 24.3 Å². The summed E-state index contributed by atoms with van der Waals surface area (Å²) in [6.45, 7) is 1.72. The van der Waals surface area contributed by atoms with Crippen LogP contribution in [0.15, 0.2) is 111 Å². The minimum absolute atomic E-state index is 0.0277. The van der Waals surface area contributed by atoms with Crippen LogP contribution in [-0.2, 0) is 41.6 Å². The Hall–Kier alpha value is -7.36. The first-order chi connectivity index (χ1) is 29.4. The Bertz CT molecular complexity index is 2980. The lowest BCUT2D eigenvalue weighted by Gasteiger charge is -2.49. The number of nitrogens with one attached hydrogen (secondary N) is 1. The molecule has 61 heavy (non-hydrogen) atoms. The van der Waals surface area contributed by atoms with Gasteiger partial charge in [-0.25, -0.2) is 28.5 Å². The van der Waals surface area contributed by atoms with E-state index in [4.69, 9.17) is 14.2 Å². The van der Waals surface area contributed by atoms with Gasteiger partial charge in [0.25, 0.3) is 17.4 Å². The average molecular weight is 826 g/mol. The van der Waals surface area contributed by atoms with Crippen molar-refractivity contribution in [1.29, 1.82) is 0 Å². The average Bonchev–Trinajstić information content (AvgIpc) is 3.65. The highest BCUT2D eigenvalue weighted by molar-refractivity contribution is 6.12. The van der Waals surface area contributed by atoms with E-state index in [2.05, 4.69) is 10.4 Å². The van der Waals surface area contributed by atoms with Crippen molar-refractivity contribution < 1.29 is 28.9 Å². The highest BCUT2D eigenvalue weighted by Crippen LogP contribution is 2.63. The summed E-state index contributed by atoms with van der Waals surface area (Å²) in [5.41, 5.74) is 3.85. The fraction of sp³-hybridized carbons (Fsp3) is 0.289. The van der Waals surface area contributed by atoms with Crippen LogP contribution in [0.3, 0.4) is 0 Å². The Morgan fingerprint density at radius 1 is 0.852 bits per heavy atom. The number of aromatic nitrogens is 5. The number of fused-ring (bicyclic) bond motifs is 5. The number of phenols is 1. The topological polar surface area (TPSA) is 181 Å². The summed E-state index contributed by atoms with van der Waals surface area (Å²) < 4.78 is 21.6. The number of aromatic hydroxyl groups is 1. The summed E-state index contributed by atoms with van der Waals surface area (Å²) in [6, 6.07) is 23.7.